The molecule has 0 amide bonds. The standard InChI is InChI=1S/C47H56Cl6N4/c1-24(2)31-21-34(27(7)8)37(35(22-31)28(9)10)46(55-45-32(25(3)4)15-13-16-33(45)26(5)6)56-17-14-18-57(23-56)47(54-44-30(12)19-29(11)20-36(44)48)38-39(49)41(51)43(53)42(52)40(38)50/h13,15-16,19-22,24-28H,14,17-18,23H2,1-12H3. The monoisotopic (exact) mass is 886 g/mol. The third-order valence-electron chi connectivity index (χ3n) is 10.8. The molecule has 0 aliphatic carbocycles. The van der Waals surface area contributed by atoms with Crippen LogP contribution in [0, 0.1) is 13.8 Å². The van der Waals surface area contributed by atoms with Gasteiger partial charge in [0.1, 0.15) is 11.7 Å². The molecule has 306 valence electrons. The number of halogens is 6. The van der Waals surface area contributed by atoms with Crippen LogP contribution in [0.25, 0.3) is 0 Å². The smallest absolute Gasteiger partial charge is 0.141 e. The molecule has 0 spiro atoms. The SMILES string of the molecule is Cc1cc(C)c(N=C(c2c(Cl)c(Cl)c(Cl)c(Cl)c2Cl)N2CCCN(C(=Nc3c(C(C)C)cccc3C(C)C)c3c(C(C)C)cc(C(C)C)cc3C(C)C)C2)c(Cl)c1. The van der Waals surface area contributed by atoms with E-state index in [-0.39, 0.29) is 48.8 Å². The Bertz CT molecular complexity index is 2090. The Morgan fingerprint density at radius 2 is 0.965 bits per heavy atom. The van der Waals surface area contributed by atoms with Gasteiger partial charge in [-0.25, -0.2) is 9.98 Å². The van der Waals surface area contributed by atoms with Crippen LogP contribution in [0.2, 0.25) is 30.1 Å². The summed E-state index contributed by atoms with van der Waals surface area (Å²) in [5, 5.41) is 1.16. The van der Waals surface area contributed by atoms with Crippen molar-refractivity contribution in [3.63, 3.8) is 0 Å². The van der Waals surface area contributed by atoms with Gasteiger partial charge in [0.15, 0.2) is 0 Å². The van der Waals surface area contributed by atoms with E-state index in [2.05, 4.69) is 115 Å². The highest BCUT2D eigenvalue weighted by atomic mass is 35.5. The fourth-order valence-electron chi connectivity index (χ4n) is 7.63. The van der Waals surface area contributed by atoms with Crippen molar-refractivity contribution in [2.45, 2.75) is 119 Å². The third kappa shape index (κ3) is 9.64. The first-order valence-electron chi connectivity index (χ1n) is 20.0. The van der Waals surface area contributed by atoms with Crippen molar-refractivity contribution < 1.29 is 0 Å². The van der Waals surface area contributed by atoms with E-state index in [4.69, 9.17) is 79.6 Å². The Hall–Kier alpha value is -2.44. The molecule has 1 fully saturated rings. The van der Waals surface area contributed by atoms with Gasteiger partial charge in [-0.15, -0.1) is 0 Å². The first-order chi connectivity index (χ1) is 26.7. The van der Waals surface area contributed by atoms with Gasteiger partial charge in [-0.1, -0.05) is 175 Å². The normalized spacial score (nSPS) is 14.4. The zero-order valence-electron chi connectivity index (χ0n) is 35.3. The lowest BCUT2D eigenvalue weighted by molar-refractivity contribution is 0.214. The maximum Gasteiger partial charge on any atom is 0.141 e. The molecule has 1 heterocycles. The van der Waals surface area contributed by atoms with Crippen LogP contribution >= 0.6 is 69.6 Å². The third-order valence-corrected chi connectivity index (χ3v) is 13.3. The van der Waals surface area contributed by atoms with Crippen molar-refractivity contribution in [3.05, 3.63) is 123 Å². The van der Waals surface area contributed by atoms with Crippen LogP contribution in [-0.4, -0.2) is 41.2 Å². The van der Waals surface area contributed by atoms with Gasteiger partial charge in [0, 0.05) is 18.7 Å². The van der Waals surface area contributed by atoms with Gasteiger partial charge < -0.3 is 9.80 Å². The maximum absolute atomic E-state index is 7.07. The number of aliphatic imine (C=N–C) groups is 2. The first kappa shape index (κ1) is 45.6. The van der Waals surface area contributed by atoms with Crippen LogP contribution in [0.4, 0.5) is 11.4 Å². The van der Waals surface area contributed by atoms with Gasteiger partial charge in [-0.05, 0) is 94.9 Å². The molecule has 4 nitrogen and oxygen atoms in total. The van der Waals surface area contributed by atoms with Crippen molar-refractivity contribution in [1.82, 2.24) is 9.80 Å². The second kappa shape index (κ2) is 18.9. The number of hydrogen-bond acceptors (Lipinski definition) is 2. The summed E-state index contributed by atoms with van der Waals surface area (Å²) in [6.45, 7) is 28.5. The molecule has 0 atom stereocenters. The molecule has 4 aromatic rings. The molecular weight excluding hydrogens is 833 g/mol. The Morgan fingerprint density at radius 3 is 1.40 bits per heavy atom. The molecule has 0 N–H and O–H groups in total. The molecule has 1 aliphatic heterocycles. The molecule has 5 rings (SSSR count). The van der Waals surface area contributed by atoms with Gasteiger partial charge in [-0.3, -0.25) is 0 Å². The molecule has 57 heavy (non-hydrogen) atoms. The van der Waals surface area contributed by atoms with Gasteiger partial charge >= 0.3 is 0 Å². The van der Waals surface area contributed by atoms with Crippen LogP contribution in [-0.2, 0) is 0 Å². The molecule has 4 aromatic carbocycles. The predicted molar refractivity (Wildman–Crippen MR) is 251 cm³/mol. The fourth-order valence-corrected chi connectivity index (χ4v) is 9.30. The molecule has 0 saturated carbocycles. The van der Waals surface area contributed by atoms with Crippen LogP contribution in [0.15, 0.2) is 52.4 Å². The van der Waals surface area contributed by atoms with Crippen molar-refractivity contribution in [3.8, 4) is 0 Å². The fraction of sp³-hybridized carbons (Fsp3) is 0.447. The quantitative estimate of drug-likeness (QED) is 0.0726. The molecule has 0 unspecified atom stereocenters. The van der Waals surface area contributed by atoms with Gasteiger partial charge in [0.05, 0.1) is 53.7 Å². The number of nitrogens with zero attached hydrogens (tertiary/aromatic N) is 4. The van der Waals surface area contributed by atoms with E-state index in [0.29, 0.717) is 41.2 Å². The topological polar surface area (TPSA) is 31.2 Å². The van der Waals surface area contributed by atoms with E-state index >= 15 is 0 Å². The molecule has 0 bridgehead atoms. The average molecular weight is 890 g/mol. The second-order valence-electron chi connectivity index (χ2n) is 16.9. The van der Waals surface area contributed by atoms with Gasteiger partial charge in [0.25, 0.3) is 0 Å². The largest absolute Gasteiger partial charge is 0.338 e. The van der Waals surface area contributed by atoms with Crippen molar-refractivity contribution in [2.75, 3.05) is 19.8 Å². The number of aryl methyl sites for hydroxylation is 2. The predicted octanol–water partition coefficient (Wildman–Crippen LogP) is 16.7. The molecule has 1 saturated heterocycles. The highest BCUT2D eigenvalue weighted by Gasteiger charge is 2.33. The number of amidine groups is 2. The van der Waals surface area contributed by atoms with E-state index < -0.39 is 0 Å². The van der Waals surface area contributed by atoms with Crippen molar-refractivity contribution in [2.24, 2.45) is 9.98 Å². The number of rotatable bonds is 9. The van der Waals surface area contributed by atoms with E-state index in [9.17, 15) is 0 Å². The highest BCUT2D eigenvalue weighted by Crippen LogP contribution is 2.46. The zero-order chi connectivity index (χ0) is 42.2. The van der Waals surface area contributed by atoms with Crippen molar-refractivity contribution in [1.29, 1.82) is 0 Å². The summed E-state index contributed by atoms with van der Waals surface area (Å²) < 4.78 is 0. The first-order valence-corrected chi connectivity index (χ1v) is 22.3. The average Bonchev–Trinajstić information content (AvgIpc) is 3.15. The summed E-state index contributed by atoms with van der Waals surface area (Å²) in [6.07, 6.45) is 0.796. The number of hydrogen-bond donors (Lipinski definition) is 0. The van der Waals surface area contributed by atoms with E-state index in [1.165, 1.54) is 33.4 Å². The summed E-state index contributed by atoms with van der Waals surface area (Å²) >= 11 is 41.1. The molecule has 10 heteroatoms. The lowest BCUT2D eigenvalue weighted by Crippen LogP contribution is -2.50. The van der Waals surface area contributed by atoms with E-state index in [1.54, 1.807) is 0 Å². The second-order valence-corrected chi connectivity index (χ2v) is 19.2. The molecule has 1 aliphatic rings. The minimum atomic E-state index is 0.0905. The lowest BCUT2D eigenvalue weighted by Gasteiger charge is -2.41. The molecule has 0 aromatic heterocycles. The Kier molecular flexibility index (Phi) is 15.1. The lowest BCUT2D eigenvalue weighted by atomic mass is 9.83. The van der Waals surface area contributed by atoms with Gasteiger partial charge in [-0.2, -0.15) is 0 Å². The van der Waals surface area contributed by atoms with Crippen LogP contribution in [0.1, 0.15) is 155 Å². The van der Waals surface area contributed by atoms with Crippen molar-refractivity contribution >= 4 is 92.7 Å². The van der Waals surface area contributed by atoms with E-state index in [0.717, 1.165) is 35.6 Å². The Morgan fingerprint density at radius 1 is 0.526 bits per heavy atom. The Balaban J connectivity index is 1.86. The number of benzene rings is 4. The van der Waals surface area contributed by atoms with Crippen LogP contribution < -0.4 is 0 Å². The summed E-state index contributed by atoms with van der Waals surface area (Å²) in [4.78, 5) is 15.7. The minimum Gasteiger partial charge on any atom is -0.338 e. The summed E-state index contributed by atoms with van der Waals surface area (Å²) in [5.74, 6) is 2.83. The Labute approximate surface area is 371 Å². The van der Waals surface area contributed by atoms with Crippen LogP contribution in [0.5, 0.6) is 0 Å². The summed E-state index contributed by atoms with van der Waals surface area (Å²) in [6, 6.07) is 15.4. The number of para-hydroxylation sites is 1. The van der Waals surface area contributed by atoms with E-state index in [1.807, 2.05) is 19.9 Å². The highest BCUT2D eigenvalue weighted by molar-refractivity contribution is 6.56. The minimum absolute atomic E-state index is 0.0905. The molecule has 0 radical (unpaired) electrons. The van der Waals surface area contributed by atoms with Crippen LogP contribution in [0.3, 0.4) is 0 Å². The maximum atomic E-state index is 7.07. The van der Waals surface area contributed by atoms with Gasteiger partial charge in [0.2, 0.25) is 0 Å². The summed E-state index contributed by atoms with van der Waals surface area (Å²) in [7, 11) is 0. The zero-order valence-corrected chi connectivity index (χ0v) is 39.8. The summed E-state index contributed by atoms with van der Waals surface area (Å²) in [5.41, 5.74) is 11.5. The molecular formula is C47H56Cl6N4.